The predicted molar refractivity (Wildman–Crippen MR) is 168 cm³/mol. The smallest absolute Gasteiger partial charge is 0.302 e. The number of aliphatic hydroxyl groups excluding tert-OH is 3. The summed E-state index contributed by atoms with van der Waals surface area (Å²) in [6.07, 6.45) is 4.49. The van der Waals surface area contributed by atoms with Crippen LogP contribution in [0.2, 0.25) is 0 Å². The molecule has 10 nitrogen and oxygen atoms in total. The van der Waals surface area contributed by atoms with Gasteiger partial charge >= 0.3 is 5.97 Å². The third-order valence-corrected chi connectivity index (χ3v) is 16.2. The van der Waals surface area contributed by atoms with Gasteiger partial charge in [-0.25, -0.2) is 0 Å². The van der Waals surface area contributed by atoms with Crippen molar-refractivity contribution >= 4 is 5.97 Å². The lowest BCUT2D eigenvalue weighted by molar-refractivity contribution is -0.314. The fraction of sp³-hybridized carbons (Fsp3) is 0.973. The Balaban J connectivity index is 1.11. The van der Waals surface area contributed by atoms with Gasteiger partial charge in [0.15, 0.2) is 12.1 Å². The second kappa shape index (κ2) is 9.93. The van der Waals surface area contributed by atoms with Gasteiger partial charge in [0.25, 0.3) is 0 Å². The molecule has 5 saturated carbocycles. The average Bonchev–Trinajstić information content (AvgIpc) is 3.43. The molecule has 266 valence electrons. The molecule has 47 heavy (non-hydrogen) atoms. The van der Waals surface area contributed by atoms with E-state index in [1.54, 1.807) is 13.8 Å². The minimum absolute atomic E-state index is 0.0169. The summed E-state index contributed by atoms with van der Waals surface area (Å²) in [4.78, 5) is 12.6. The number of fused-ring (bicyclic) bond motifs is 4. The zero-order valence-corrected chi connectivity index (χ0v) is 29.4. The number of ether oxygens (including phenoxy) is 5. The van der Waals surface area contributed by atoms with Crippen LogP contribution in [0.15, 0.2) is 0 Å². The van der Waals surface area contributed by atoms with Crippen LogP contribution in [0.5, 0.6) is 0 Å². The number of hydrogen-bond acceptors (Lipinski definition) is 10. The highest BCUT2D eigenvalue weighted by Gasteiger charge is 2.85. The summed E-state index contributed by atoms with van der Waals surface area (Å²) in [5, 5.41) is 42.3. The van der Waals surface area contributed by atoms with E-state index in [1.807, 2.05) is 0 Å². The Morgan fingerprint density at radius 1 is 0.872 bits per heavy atom. The fourth-order valence-corrected chi connectivity index (χ4v) is 14.2. The van der Waals surface area contributed by atoms with Crippen molar-refractivity contribution < 1.29 is 48.9 Å². The molecule has 10 heteroatoms. The second-order valence-corrected chi connectivity index (χ2v) is 18.8. The molecule has 0 aromatic carbocycles. The summed E-state index contributed by atoms with van der Waals surface area (Å²) in [5.74, 6) is -0.443. The summed E-state index contributed by atoms with van der Waals surface area (Å²) in [5.41, 5.74) is -1.88. The first-order valence-electron chi connectivity index (χ1n) is 18.4. The molecule has 0 aromatic heterocycles. The summed E-state index contributed by atoms with van der Waals surface area (Å²) >= 11 is 0. The number of aliphatic hydroxyl groups is 4. The average molecular weight is 663 g/mol. The molecule has 3 spiro atoms. The minimum atomic E-state index is -1.29. The molecule has 8 aliphatic rings. The Morgan fingerprint density at radius 2 is 1.55 bits per heavy atom. The maximum Gasteiger partial charge on any atom is 0.302 e. The standard InChI is InChI=1S/C37H58O10/c1-20(38)45-22-16-32(6)24-9-8-23-30(2,3)25(46-29-27(41)26(40)21(39)17-43-29)10-11-34(23)18-35(24,34)13-14-36(32)19-44-37(31(4,5)42)15-12-33(7,47-37)28(22)36/h21-29,39-42H,8-19H2,1-7H3/t21-,22+,23+,24+,25+,26+,27-,28-,29+,32+,33+,34-,35+,36+,37+/m1/s1. The number of rotatable bonds is 4. The normalized spacial score (nSPS) is 57.5. The van der Waals surface area contributed by atoms with Gasteiger partial charge in [-0.2, -0.15) is 0 Å². The van der Waals surface area contributed by atoms with Crippen molar-refractivity contribution in [3.63, 3.8) is 0 Å². The summed E-state index contributed by atoms with van der Waals surface area (Å²) < 4.78 is 32.2. The molecular formula is C37H58O10. The predicted octanol–water partition coefficient (Wildman–Crippen LogP) is 3.84. The molecule has 4 N–H and O–H groups in total. The minimum Gasteiger partial charge on any atom is -0.462 e. The highest BCUT2D eigenvalue weighted by molar-refractivity contribution is 5.66. The van der Waals surface area contributed by atoms with Crippen LogP contribution in [-0.4, -0.2) is 93.4 Å². The number of carbonyl (C=O) groups excluding carboxylic acids is 1. The van der Waals surface area contributed by atoms with Gasteiger partial charge in [-0.15, -0.1) is 0 Å². The van der Waals surface area contributed by atoms with E-state index in [4.69, 9.17) is 23.7 Å². The van der Waals surface area contributed by atoms with Crippen molar-refractivity contribution in [2.24, 2.45) is 44.8 Å². The molecule has 3 heterocycles. The first-order valence-corrected chi connectivity index (χ1v) is 18.4. The van der Waals surface area contributed by atoms with Crippen molar-refractivity contribution in [1.29, 1.82) is 0 Å². The van der Waals surface area contributed by atoms with Gasteiger partial charge in [-0.3, -0.25) is 4.79 Å². The molecule has 3 saturated heterocycles. The summed E-state index contributed by atoms with van der Waals surface area (Å²) in [6, 6.07) is 0. The van der Waals surface area contributed by atoms with Gasteiger partial charge in [-0.05, 0) is 112 Å². The zero-order chi connectivity index (χ0) is 33.8. The Labute approximate surface area is 279 Å². The maximum absolute atomic E-state index is 12.6. The van der Waals surface area contributed by atoms with Crippen LogP contribution in [0, 0.1) is 44.8 Å². The zero-order valence-electron chi connectivity index (χ0n) is 29.4. The van der Waals surface area contributed by atoms with Gasteiger partial charge in [0, 0.05) is 24.7 Å². The molecule has 0 amide bonds. The first-order chi connectivity index (χ1) is 21.8. The molecule has 0 aromatic rings. The SMILES string of the molecule is CC(=O)O[C@H]1C[C@@]2(C)[C@@H]3CC[C@H]4C(C)(C)[C@@H](O[C@@H]5OC[C@@H](O)[C@H](O)[C@H]5O)CC[C@@]45C[C@@]35CC[C@@]23CO[C@@]2(C(C)(C)O)CC[C@](C)(O2)[C@@H]13. The number of esters is 1. The van der Waals surface area contributed by atoms with E-state index in [9.17, 15) is 25.2 Å². The van der Waals surface area contributed by atoms with Crippen LogP contribution in [0.1, 0.15) is 113 Å². The Hall–Kier alpha value is -0.850. The molecular weight excluding hydrogens is 604 g/mol. The highest BCUT2D eigenvalue weighted by Crippen LogP contribution is 2.89. The summed E-state index contributed by atoms with van der Waals surface area (Å²) in [7, 11) is 0. The third kappa shape index (κ3) is 4.05. The van der Waals surface area contributed by atoms with E-state index in [2.05, 4.69) is 27.7 Å². The van der Waals surface area contributed by atoms with Crippen LogP contribution < -0.4 is 0 Å². The van der Waals surface area contributed by atoms with E-state index in [0.29, 0.717) is 24.9 Å². The molecule has 2 bridgehead atoms. The molecule has 8 fully saturated rings. The van der Waals surface area contributed by atoms with E-state index in [-0.39, 0.29) is 57.8 Å². The fourth-order valence-electron chi connectivity index (χ4n) is 14.2. The van der Waals surface area contributed by atoms with Crippen LogP contribution in [-0.2, 0) is 28.5 Å². The van der Waals surface area contributed by atoms with Crippen LogP contribution in [0.4, 0.5) is 0 Å². The van der Waals surface area contributed by atoms with Gasteiger partial charge in [-0.1, -0.05) is 20.8 Å². The maximum atomic E-state index is 12.6. The first kappa shape index (κ1) is 33.3. The van der Waals surface area contributed by atoms with Gasteiger partial charge in [0.1, 0.15) is 30.0 Å². The topological polar surface area (TPSA) is 144 Å². The van der Waals surface area contributed by atoms with E-state index >= 15 is 0 Å². The Morgan fingerprint density at radius 3 is 2.26 bits per heavy atom. The van der Waals surface area contributed by atoms with Gasteiger partial charge < -0.3 is 44.1 Å². The quantitative estimate of drug-likeness (QED) is 0.259. The van der Waals surface area contributed by atoms with Crippen molar-refractivity contribution in [3.05, 3.63) is 0 Å². The van der Waals surface area contributed by atoms with Gasteiger partial charge in [0.05, 0.1) is 24.9 Å². The largest absolute Gasteiger partial charge is 0.462 e. The Bertz CT molecular complexity index is 1310. The highest BCUT2D eigenvalue weighted by atomic mass is 16.7. The molecule has 0 unspecified atom stereocenters. The Kier molecular flexibility index (Phi) is 7.03. The van der Waals surface area contributed by atoms with E-state index < -0.39 is 41.6 Å². The third-order valence-electron chi connectivity index (χ3n) is 16.2. The molecule has 5 aliphatic carbocycles. The van der Waals surface area contributed by atoms with Crippen LogP contribution in [0.25, 0.3) is 0 Å². The molecule has 3 aliphatic heterocycles. The van der Waals surface area contributed by atoms with E-state index in [1.165, 1.54) is 13.3 Å². The monoisotopic (exact) mass is 662 g/mol. The molecule has 8 rings (SSSR count). The van der Waals surface area contributed by atoms with E-state index in [0.717, 1.165) is 51.4 Å². The van der Waals surface area contributed by atoms with Gasteiger partial charge in [0.2, 0.25) is 0 Å². The lowest BCUT2D eigenvalue weighted by Gasteiger charge is -2.64. The molecule has 15 atom stereocenters. The lowest BCUT2D eigenvalue weighted by atomic mass is 9.41. The van der Waals surface area contributed by atoms with Crippen molar-refractivity contribution in [2.75, 3.05) is 13.2 Å². The lowest BCUT2D eigenvalue weighted by Crippen LogP contribution is -2.61. The molecule has 0 radical (unpaired) electrons. The number of hydrogen-bond donors (Lipinski definition) is 4. The summed E-state index contributed by atoms with van der Waals surface area (Å²) in [6.45, 7) is 14.8. The second-order valence-electron chi connectivity index (χ2n) is 18.8. The van der Waals surface area contributed by atoms with Crippen molar-refractivity contribution in [2.45, 2.75) is 166 Å². The van der Waals surface area contributed by atoms with Crippen LogP contribution in [0.3, 0.4) is 0 Å². The van der Waals surface area contributed by atoms with Crippen molar-refractivity contribution in [3.8, 4) is 0 Å². The van der Waals surface area contributed by atoms with Crippen LogP contribution >= 0.6 is 0 Å². The van der Waals surface area contributed by atoms with Crippen molar-refractivity contribution in [1.82, 2.24) is 0 Å². The number of carbonyl (C=O) groups is 1.